The number of carbonyl (C=O) groups excluding carboxylic acids is 3. The Morgan fingerprint density at radius 1 is 0.318 bits per heavy atom. The monoisotopic (exact) mass is 925 g/mol. The van der Waals surface area contributed by atoms with Crippen LogP contribution in [0.15, 0.2) is 48.6 Å². The molecule has 0 saturated heterocycles. The van der Waals surface area contributed by atoms with E-state index in [9.17, 15) is 14.4 Å². The van der Waals surface area contributed by atoms with Gasteiger partial charge in [-0.15, -0.1) is 0 Å². The largest absolute Gasteiger partial charge is 0.462 e. The van der Waals surface area contributed by atoms with Gasteiger partial charge in [0.05, 0.1) is 0 Å². The van der Waals surface area contributed by atoms with Gasteiger partial charge in [0.25, 0.3) is 0 Å². The van der Waals surface area contributed by atoms with Crippen molar-refractivity contribution in [3.8, 4) is 0 Å². The highest BCUT2D eigenvalue weighted by Crippen LogP contribution is 2.16. The third kappa shape index (κ3) is 52.3. The molecule has 0 amide bonds. The minimum atomic E-state index is -0.778. The summed E-state index contributed by atoms with van der Waals surface area (Å²) in [7, 11) is 0. The molecule has 66 heavy (non-hydrogen) atoms. The standard InChI is InChI=1S/C60H108O6/c1-4-7-10-13-16-19-22-25-27-28-29-30-31-32-34-36-39-42-45-48-51-54-60(63)66-57(55-64-58(61)52-49-46-43-40-37-24-21-18-15-12-9-6-3)56-65-59(62)53-50-47-44-41-38-35-33-26-23-20-17-14-11-8-5-2/h8,11,17,20,25-27,33,57H,4-7,9-10,12-16,18-19,21-24,28-32,34-56H2,1-3H3/b11-8-,20-17-,27-25-,33-26-/t57-/m0/s1. The summed E-state index contributed by atoms with van der Waals surface area (Å²) in [5.41, 5.74) is 0. The first-order valence-electron chi connectivity index (χ1n) is 28.6. The molecular formula is C60H108O6. The van der Waals surface area contributed by atoms with Crippen molar-refractivity contribution in [2.24, 2.45) is 0 Å². The second-order valence-electron chi connectivity index (χ2n) is 19.2. The summed E-state index contributed by atoms with van der Waals surface area (Å²) in [6.07, 6.45) is 66.7. The van der Waals surface area contributed by atoms with E-state index >= 15 is 0 Å². The number of hydrogen-bond acceptors (Lipinski definition) is 6. The molecule has 0 spiro atoms. The van der Waals surface area contributed by atoms with Crippen molar-refractivity contribution in [3.63, 3.8) is 0 Å². The molecule has 0 saturated carbocycles. The van der Waals surface area contributed by atoms with Gasteiger partial charge >= 0.3 is 17.9 Å². The molecule has 0 radical (unpaired) electrons. The Labute approximate surface area is 409 Å². The average molecular weight is 926 g/mol. The first-order chi connectivity index (χ1) is 32.5. The van der Waals surface area contributed by atoms with Gasteiger partial charge < -0.3 is 14.2 Å². The summed E-state index contributed by atoms with van der Waals surface area (Å²) >= 11 is 0. The molecule has 0 aliphatic heterocycles. The number of rotatable bonds is 52. The van der Waals surface area contributed by atoms with Gasteiger partial charge in [0, 0.05) is 19.3 Å². The maximum atomic E-state index is 12.9. The zero-order valence-corrected chi connectivity index (χ0v) is 44.0. The lowest BCUT2D eigenvalue weighted by molar-refractivity contribution is -0.167. The van der Waals surface area contributed by atoms with Crippen molar-refractivity contribution in [2.45, 2.75) is 303 Å². The summed E-state index contributed by atoms with van der Waals surface area (Å²) < 4.78 is 16.8. The second-order valence-corrected chi connectivity index (χ2v) is 19.2. The van der Waals surface area contributed by atoms with Crippen molar-refractivity contribution in [2.75, 3.05) is 13.2 Å². The minimum Gasteiger partial charge on any atom is -0.462 e. The van der Waals surface area contributed by atoms with Gasteiger partial charge in [-0.1, -0.05) is 249 Å². The van der Waals surface area contributed by atoms with Gasteiger partial charge in [0.1, 0.15) is 13.2 Å². The molecule has 6 nitrogen and oxygen atoms in total. The number of unbranched alkanes of at least 4 members (excludes halogenated alkanes) is 33. The Bertz CT molecular complexity index is 1150. The third-order valence-electron chi connectivity index (χ3n) is 12.6. The fraction of sp³-hybridized carbons (Fsp3) is 0.817. The van der Waals surface area contributed by atoms with Crippen LogP contribution in [0.5, 0.6) is 0 Å². The highest BCUT2D eigenvalue weighted by molar-refractivity contribution is 5.71. The van der Waals surface area contributed by atoms with Crippen LogP contribution in [0, 0.1) is 0 Å². The van der Waals surface area contributed by atoms with Crippen molar-refractivity contribution in [1.29, 1.82) is 0 Å². The number of carbonyl (C=O) groups is 3. The van der Waals surface area contributed by atoms with Gasteiger partial charge in [-0.3, -0.25) is 14.4 Å². The Morgan fingerprint density at radius 3 is 0.939 bits per heavy atom. The van der Waals surface area contributed by atoms with Gasteiger partial charge in [0.2, 0.25) is 0 Å². The molecule has 384 valence electrons. The van der Waals surface area contributed by atoms with Crippen molar-refractivity contribution < 1.29 is 28.6 Å². The zero-order valence-electron chi connectivity index (χ0n) is 44.0. The minimum absolute atomic E-state index is 0.0759. The smallest absolute Gasteiger partial charge is 0.306 e. The van der Waals surface area contributed by atoms with E-state index < -0.39 is 6.10 Å². The van der Waals surface area contributed by atoms with Crippen LogP contribution in [0.3, 0.4) is 0 Å². The molecule has 0 bridgehead atoms. The molecular weight excluding hydrogens is 817 g/mol. The van der Waals surface area contributed by atoms with Crippen LogP contribution in [0.4, 0.5) is 0 Å². The fourth-order valence-electron chi connectivity index (χ4n) is 8.28. The second kappa shape index (κ2) is 55.0. The summed E-state index contributed by atoms with van der Waals surface area (Å²) in [5, 5.41) is 0. The maximum Gasteiger partial charge on any atom is 0.306 e. The number of ether oxygens (including phenoxy) is 3. The number of esters is 3. The predicted octanol–water partition coefficient (Wildman–Crippen LogP) is 19.0. The Balaban J connectivity index is 4.32. The van der Waals surface area contributed by atoms with Crippen LogP contribution in [-0.4, -0.2) is 37.2 Å². The van der Waals surface area contributed by atoms with Crippen LogP contribution < -0.4 is 0 Å². The molecule has 0 aromatic heterocycles. The van der Waals surface area contributed by atoms with E-state index in [1.165, 1.54) is 161 Å². The molecule has 0 aliphatic carbocycles. The van der Waals surface area contributed by atoms with Crippen LogP contribution in [0.1, 0.15) is 297 Å². The van der Waals surface area contributed by atoms with E-state index in [0.29, 0.717) is 19.3 Å². The van der Waals surface area contributed by atoms with E-state index in [1.54, 1.807) is 0 Å². The highest BCUT2D eigenvalue weighted by atomic mass is 16.6. The first kappa shape index (κ1) is 63.4. The Hall–Kier alpha value is -2.63. The molecule has 0 fully saturated rings. The lowest BCUT2D eigenvalue weighted by Crippen LogP contribution is -2.30. The molecule has 0 unspecified atom stereocenters. The summed E-state index contributed by atoms with van der Waals surface area (Å²) in [6, 6.07) is 0. The number of allylic oxidation sites excluding steroid dienone is 8. The van der Waals surface area contributed by atoms with Crippen LogP contribution >= 0.6 is 0 Å². The average Bonchev–Trinajstić information content (AvgIpc) is 3.31. The molecule has 0 N–H and O–H groups in total. The Morgan fingerprint density at radius 2 is 0.591 bits per heavy atom. The summed E-state index contributed by atoms with van der Waals surface area (Å²) in [5.74, 6) is -0.881. The van der Waals surface area contributed by atoms with Crippen LogP contribution in [-0.2, 0) is 28.6 Å². The first-order valence-corrected chi connectivity index (χ1v) is 28.6. The lowest BCUT2D eigenvalue weighted by atomic mass is 10.0. The van der Waals surface area contributed by atoms with E-state index in [1.807, 2.05) is 0 Å². The van der Waals surface area contributed by atoms with Crippen molar-refractivity contribution >= 4 is 17.9 Å². The van der Waals surface area contributed by atoms with E-state index in [-0.39, 0.29) is 31.1 Å². The summed E-state index contributed by atoms with van der Waals surface area (Å²) in [6.45, 7) is 6.54. The highest BCUT2D eigenvalue weighted by Gasteiger charge is 2.19. The third-order valence-corrected chi connectivity index (χ3v) is 12.6. The summed E-state index contributed by atoms with van der Waals surface area (Å²) in [4.78, 5) is 38.1. The van der Waals surface area contributed by atoms with Crippen LogP contribution in [0.25, 0.3) is 0 Å². The van der Waals surface area contributed by atoms with Gasteiger partial charge in [0.15, 0.2) is 6.10 Å². The molecule has 0 aromatic carbocycles. The normalized spacial score (nSPS) is 12.3. The molecule has 0 rings (SSSR count). The fourth-order valence-corrected chi connectivity index (χ4v) is 8.28. The molecule has 0 aliphatic rings. The van der Waals surface area contributed by atoms with Gasteiger partial charge in [-0.2, -0.15) is 0 Å². The van der Waals surface area contributed by atoms with Gasteiger partial charge in [-0.05, 0) is 77.0 Å². The SMILES string of the molecule is CC/C=C\C/C=C\C/C=C\CCCCCCCC(=O)OC[C@H](COC(=O)CCCCCCCCCCCCCC)OC(=O)CCCCCCCCCCCCC/C=C\CCCCCCCC. The molecule has 0 aromatic rings. The van der Waals surface area contributed by atoms with E-state index in [4.69, 9.17) is 14.2 Å². The lowest BCUT2D eigenvalue weighted by Gasteiger charge is -2.18. The van der Waals surface area contributed by atoms with E-state index in [0.717, 1.165) is 96.3 Å². The zero-order chi connectivity index (χ0) is 47.9. The molecule has 0 heterocycles. The van der Waals surface area contributed by atoms with Crippen molar-refractivity contribution in [1.82, 2.24) is 0 Å². The Kier molecular flexibility index (Phi) is 52.8. The van der Waals surface area contributed by atoms with Crippen molar-refractivity contribution in [3.05, 3.63) is 48.6 Å². The van der Waals surface area contributed by atoms with Gasteiger partial charge in [-0.25, -0.2) is 0 Å². The number of hydrogen-bond donors (Lipinski definition) is 0. The maximum absolute atomic E-state index is 12.9. The van der Waals surface area contributed by atoms with Crippen LogP contribution in [0.2, 0.25) is 0 Å². The predicted molar refractivity (Wildman–Crippen MR) is 284 cm³/mol. The molecule has 1 atom stereocenters. The van der Waals surface area contributed by atoms with E-state index in [2.05, 4.69) is 69.4 Å². The topological polar surface area (TPSA) is 78.9 Å². The quantitative estimate of drug-likeness (QED) is 0.0262. The molecule has 6 heteroatoms.